The molecule has 1 fully saturated rings. The molecule has 2 amide bonds. The summed E-state index contributed by atoms with van der Waals surface area (Å²) in [6, 6.07) is 7.37. The zero-order chi connectivity index (χ0) is 22.7. The maximum absolute atomic E-state index is 12.5. The Balaban J connectivity index is 1.76. The molecule has 0 radical (unpaired) electrons. The fraction of sp³-hybridized carbons (Fsp3) is 0.250. The van der Waals surface area contributed by atoms with Crippen LogP contribution in [0.25, 0.3) is 17.4 Å². The minimum Gasteiger partial charge on any atom is -0.461 e. The highest BCUT2D eigenvalue weighted by molar-refractivity contribution is 8.18. The molecule has 3 rings (SSSR count). The zero-order valence-electron chi connectivity index (χ0n) is 16.5. The fourth-order valence-electron chi connectivity index (χ4n) is 2.63. The third kappa shape index (κ3) is 5.15. The van der Waals surface area contributed by atoms with Crippen molar-refractivity contribution >= 4 is 52.2 Å². The molecule has 0 bridgehead atoms. The Hall–Kier alpha value is -3.11. The first-order valence-electron chi connectivity index (χ1n) is 9.18. The third-order valence-electron chi connectivity index (χ3n) is 4.40. The number of furan rings is 1. The molecule has 0 spiro atoms. The molecule has 1 aliphatic heterocycles. The second kappa shape index (κ2) is 9.36. The third-order valence-corrected chi connectivity index (χ3v) is 5.62. The maximum atomic E-state index is 12.5. The lowest BCUT2D eigenvalue weighted by atomic mass is 10.1. The van der Waals surface area contributed by atoms with E-state index >= 15 is 0 Å². The molecular formula is C20H17ClN2O7S. The van der Waals surface area contributed by atoms with Crippen molar-refractivity contribution in [1.82, 2.24) is 4.90 Å². The van der Waals surface area contributed by atoms with Crippen LogP contribution in [0.2, 0.25) is 5.02 Å². The molecule has 11 heteroatoms. The number of ether oxygens (including phenoxy) is 1. The monoisotopic (exact) mass is 464 g/mol. The van der Waals surface area contributed by atoms with Gasteiger partial charge in [-0.25, -0.2) is 0 Å². The van der Waals surface area contributed by atoms with Crippen LogP contribution in [0.3, 0.4) is 0 Å². The summed E-state index contributed by atoms with van der Waals surface area (Å²) in [6.07, 6.45) is 1.68. The number of thioether (sulfide) groups is 1. The van der Waals surface area contributed by atoms with Crippen LogP contribution in [-0.2, 0) is 14.3 Å². The van der Waals surface area contributed by atoms with Crippen LogP contribution < -0.4 is 0 Å². The zero-order valence-corrected chi connectivity index (χ0v) is 18.1. The number of nitro groups is 1. The van der Waals surface area contributed by atoms with Crippen molar-refractivity contribution in [2.45, 2.75) is 26.4 Å². The summed E-state index contributed by atoms with van der Waals surface area (Å²) in [4.78, 5) is 47.9. The number of esters is 1. The van der Waals surface area contributed by atoms with Gasteiger partial charge in [-0.05, 0) is 49.4 Å². The number of halogens is 1. The Labute approximate surface area is 186 Å². The van der Waals surface area contributed by atoms with Crippen molar-refractivity contribution in [3.63, 3.8) is 0 Å². The van der Waals surface area contributed by atoms with Crippen molar-refractivity contribution in [3.8, 4) is 11.3 Å². The van der Waals surface area contributed by atoms with Gasteiger partial charge in [0.15, 0.2) is 0 Å². The van der Waals surface area contributed by atoms with Gasteiger partial charge in [-0.2, -0.15) is 0 Å². The second-order valence-corrected chi connectivity index (χ2v) is 8.00. The predicted octanol–water partition coefficient (Wildman–Crippen LogP) is 4.89. The maximum Gasteiger partial charge on any atom is 0.326 e. The number of hydrogen-bond acceptors (Lipinski definition) is 8. The lowest BCUT2D eigenvalue weighted by molar-refractivity contribution is -0.384. The number of nitrogens with zero attached hydrogens (tertiary/aromatic N) is 2. The molecule has 0 saturated carbocycles. The van der Waals surface area contributed by atoms with Crippen molar-refractivity contribution in [1.29, 1.82) is 0 Å². The van der Waals surface area contributed by atoms with Gasteiger partial charge in [-0.1, -0.05) is 18.5 Å². The Morgan fingerprint density at radius 2 is 2.10 bits per heavy atom. The smallest absolute Gasteiger partial charge is 0.326 e. The normalized spacial score (nSPS) is 16.1. The molecule has 0 unspecified atom stereocenters. The standard InChI is InChI=1S/C20H17ClN2O7S/c1-3-11(2)29-18(24)10-22-19(25)17(31-20(22)26)9-13-5-7-16(30-13)12-4-6-14(21)15(8-12)23(27)28/h4-9,11H,3,10H2,1-2H3/b17-9+/t11-/m0/s1. The van der Waals surface area contributed by atoms with Gasteiger partial charge in [0.05, 0.1) is 15.9 Å². The average molecular weight is 465 g/mol. The summed E-state index contributed by atoms with van der Waals surface area (Å²) >= 11 is 6.50. The number of hydrogen-bond donors (Lipinski definition) is 0. The molecule has 31 heavy (non-hydrogen) atoms. The van der Waals surface area contributed by atoms with Gasteiger partial charge >= 0.3 is 5.97 Å². The minimum atomic E-state index is -0.664. The number of carbonyl (C=O) groups is 3. The highest BCUT2D eigenvalue weighted by atomic mass is 35.5. The van der Waals surface area contributed by atoms with E-state index in [0.29, 0.717) is 29.5 Å². The molecule has 9 nitrogen and oxygen atoms in total. The quantitative estimate of drug-likeness (QED) is 0.246. The number of carbonyl (C=O) groups excluding carboxylic acids is 3. The Bertz CT molecular complexity index is 1090. The molecule has 2 heterocycles. The lowest BCUT2D eigenvalue weighted by Crippen LogP contribution is -2.35. The van der Waals surface area contributed by atoms with Gasteiger partial charge in [0, 0.05) is 17.7 Å². The van der Waals surface area contributed by atoms with E-state index < -0.39 is 28.6 Å². The average Bonchev–Trinajstić information content (AvgIpc) is 3.28. The molecule has 0 N–H and O–H groups in total. The summed E-state index contributed by atoms with van der Waals surface area (Å²) in [6.45, 7) is 3.10. The van der Waals surface area contributed by atoms with Crippen molar-refractivity contribution in [2.75, 3.05) is 6.54 Å². The van der Waals surface area contributed by atoms with E-state index in [4.69, 9.17) is 20.8 Å². The number of benzene rings is 1. The number of amides is 2. The van der Waals surface area contributed by atoms with Crippen molar-refractivity contribution < 1.29 is 28.5 Å². The van der Waals surface area contributed by atoms with Gasteiger partial charge in [-0.15, -0.1) is 0 Å². The first-order valence-corrected chi connectivity index (χ1v) is 10.4. The second-order valence-electron chi connectivity index (χ2n) is 6.60. The minimum absolute atomic E-state index is 0.000982. The largest absolute Gasteiger partial charge is 0.461 e. The molecule has 2 aromatic rings. The summed E-state index contributed by atoms with van der Waals surface area (Å²) in [5, 5.41) is 10.5. The van der Waals surface area contributed by atoms with E-state index in [-0.39, 0.29) is 27.5 Å². The highest BCUT2D eigenvalue weighted by Gasteiger charge is 2.37. The number of rotatable bonds is 7. The summed E-state index contributed by atoms with van der Waals surface area (Å²) < 4.78 is 10.8. The van der Waals surface area contributed by atoms with Gasteiger partial charge in [0.25, 0.3) is 16.8 Å². The molecule has 162 valence electrons. The lowest BCUT2D eigenvalue weighted by Gasteiger charge is -2.14. The molecule has 0 aliphatic carbocycles. The molecule has 1 saturated heterocycles. The van der Waals surface area contributed by atoms with E-state index in [1.807, 2.05) is 6.92 Å². The van der Waals surface area contributed by atoms with Gasteiger partial charge in [-0.3, -0.25) is 29.4 Å². The van der Waals surface area contributed by atoms with Crippen LogP contribution in [0.15, 0.2) is 39.7 Å². The predicted molar refractivity (Wildman–Crippen MR) is 114 cm³/mol. The Morgan fingerprint density at radius 3 is 2.77 bits per heavy atom. The van der Waals surface area contributed by atoms with Crippen LogP contribution in [0, 0.1) is 10.1 Å². The Kier molecular flexibility index (Phi) is 6.81. The Morgan fingerprint density at radius 1 is 1.35 bits per heavy atom. The van der Waals surface area contributed by atoms with E-state index in [9.17, 15) is 24.5 Å². The summed E-state index contributed by atoms with van der Waals surface area (Å²) in [5.74, 6) is -0.707. The molecule has 1 aromatic carbocycles. The van der Waals surface area contributed by atoms with E-state index in [2.05, 4.69) is 0 Å². The summed E-state index contributed by atoms with van der Waals surface area (Å²) in [7, 11) is 0. The first-order chi connectivity index (χ1) is 14.7. The van der Waals surface area contributed by atoms with E-state index in [1.54, 1.807) is 25.1 Å². The van der Waals surface area contributed by atoms with Gasteiger partial charge < -0.3 is 9.15 Å². The van der Waals surface area contributed by atoms with Crippen molar-refractivity contribution in [3.05, 3.63) is 56.1 Å². The highest BCUT2D eigenvalue weighted by Crippen LogP contribution is 2.34. The fourth-order valence-corrected chi connectivity index (χ4v) is 3.64. The van der Waals surface area contributed by atoms with Crippen molar-refractivity contribution in [2.24, 2.45) is 0 Å². The van der Waals surface area contributed by atoms with Crippen LogP contribution in [-0.4, -0.2) is 39.6 Å². The van der Waals surface area contributed by atoms with Crippen LogP contribution in [0.1, 0.15) is 26.0 Å². The molecular weight excluding hydrogens is 448 g/mol. The molecule has 1 aliphatic rings. The van der Waals surface area contributed by atoms with Crippen LogP contribution in [0.4, 0.5) is 10.5 Å². The number of imide groups is 1. The van der Waals surface area contributed by atoms with Crippen LogP contribution >= 0.6 is 23.4 Å². The van der Waals surface area contributed by atoms with E-state index in [0.717, 1.165) is 4.90 Å². The first kappa shape index (κ1) is 22.6. The summed E-state index contributed by atoms with van der Waals surface area (Å²) in [5.41, 5.74) is 0.166. The van der Waals surface area contributed by atoms with Crippen LogP contribution in [0.5, 0.6) is 0 Å². The topological polar surface area (TPSA) is 120 Å². The van der Waals surface area contributed by atoms with E-state index in [1.165, 1.54) is 18.2 Å². The van der Waals surface area contributed by atoms with Gasteiger partial charge in [0.2, 0.25) is 0 Å². The number of nitro benzene ring substituents is 1. The van der Waals surface area contributed by atoms with Gasteiger partial charge in [0.1, 0.15) is 23.1 Å². The SMILES string of the molecule is CC[C@H](C)OC(=O)CN1C(=O)S/C(=C/c2ccc(-c3ccc(Cl)c([N+](=O)[O-])c3)o2)C1=O. The molecule has 1 aromatic heterocycles. The molecule has 1 atom stereocenters.